The standard InChI is InChI=1S/C13H16ClNO4/c1-4-13(2,19-3)12(18)15-9-7-5-6-8(14)10(9)11(16)17/h5-7H,4H2,1-3H3,(H,15,18)(H,16,17). The van der Waals surface area contributed by atoms with Gasteiger partial charge in [-0.1, -0.05) is 24.6 Å². The molecule has 1 unspecified atom stereocenters. The summed E-state index contributed by atoms with van der Waals surface area (Å²) in [6.45, 7) is 3.44. The number of amides is 1. The first kappa shape index (κ1) is 15.5. The van der Waals surface area contributed by atoms with Gasteiger partial charge in [-0.3, -0.25) is 4.79 Å². The fourth-order valence-corrected chi connectivity index (χ4v) is 1.75. The quantitative estimate of drug-likeness (QED) is 0.872. The molecule has 0 saturated heterocycles. The molecule has 0 saturated carbocycles. The van der Waals surface area contributed by atoms with Crippen LogP contribution in [0.25, 0.3) is 0 Å². The highest BCUT2D eigenvalue weighted by molar-refractivity contribution is 6.34. The molecule has 1 atom stereocenters. The number of hydrogen-bond acceptors (Lipinski definition) is 3. The van der Waals surface area contributed by atoms with Crippen molar-refractivity contribution in [1.29, 1.82) is 0 Å². The van der Waals surface area contributed by atoms with E-state index in [9.17, 15) is 9.59 Å². The van der Waals surface area contributed by atoms with Gasteiger partial charge in [-0.25, -0.2) is 4.79 Å². The maximum Gasteiger partial charge on any atom is 0.339 e. The Balaban J connectivity index is 3.10. The van der Waals surface area contributed by atoms with Gasteiger partial charge in [0.1, 0.15) is 11.2 Å². The average Bonchev–Trinajstić information content (AvgIpc) is 2.37. The van der Waals surface area contributed by atoms with E-state index in [4.69, 9.17) is 21.4 Å². The molecule has 1 aromatic carbocycles. The summed E-state index contributed by atoms with van der Waals surface area (Å²) < 4.78 is 5.16. The summed E-state index contributed by atoms with van der Waals surface area (Å²) in [7, 11) is 1.43. The Bertz CT molecular complexity index is 497. The highest BCUT2D eigenvalue weighted by Gasteiger charge is 2.32. The van der Waals surface area contributed by atoms with Crippen molar-refractivity contribution in [3.63, 3.8) is 0 Å². The number of anilines is 1. The number of ether oxygens (including phenoxy) is 1. The third-order valence-corrected chi connectivity index (χ3v) is 3.40. The number of methoxy groups -OCH3 is 1. The number of benzene rings is 1. The Hall–Kier alpha value is -1.59. The van der Waals surface area contributed by atoms with Crippen LogP contribution < -0.4 is 5.32 Å². The number of aromatic carboxylic acids is 1. The van der Waals surface area contributed by atoms with E-state index in [0.29, 0.717) is 6.42 Å². The van der Waals surface area contributed by atoms with E-state index in [2.05, 4.69) is 5.32 Å². The van der Waals surface area contributed by atoms with Crippen LogP contribution in [0.15, 0.2) is 18.2 Å². The Kier molecular flexibility index (Phi) is 4.91. The van der Waals surface area contributed by atoms with Gasteiger partial charge in [-0.2, -0.15) is 0 Å². The highest BCUT2D eigenvalue weighted by atomic mass is 35.5. The molecule has 104 valence electrons. The van der Waals surface area contributed by atoms with E-state index in [1.165, 1.54) is 19.2 Å². The second-order valence-electron chi connectivity index (χ2n) is 4.21. The molecular formula is C13H16ClNO4. The number of carboxylic acid groups (broad SMARTS) is 1. The molecule has 1 amide bonds. The molecule has 1 aromatic rings. The molecular weight excluding hydrogens is 270 g/mol. The zero-order chi connectivity index (χ0) is 14.6. The third-order valence-electron chi connectivity index (χ3n) is 3.08. The van der Waals surface area contributed by atoms with Crippen LogP contribution in [-0.4, -0.2) is 29.7 Å². The van der Waals surface area contributed by atoms with Crippen LogP contribution in [0.3, 0.4) is 0 Å². The van der Waals surface area contributed by atoms with Gasteiger partial charge >= 0.3 is 5.97 Å². The predicted molar refractivity (Wildman–Crippen MR) is 72.7 cm³/mol. The molecule has 2 N–H and O–H groups in total. The van der Waals surface area contributed by atoms with E-state index in [0.717, 1.165) is 0 Å². The molecule has 0 radical (unpaired) electrons. The first-order valence-electron chi connectivity index (χ1n) is 5.74. The van der Waals surface area contributed by atoms with Gasteiger partial charge < -0.3 is 15.2 Å². The number of hydrogen-bond donors (Lipinski definition) is 2. The molecule has 0 aliphatic rings. The summed E-state index contributed by atoms with van der Waals surface area (Å²) in [4.78, 5) is 23.3. The van der Waals surface area contributed by atoms with Crippen molar-refractivity contribution < 1.29 is 19.4 Å². The van der Waals surface area contributed by atoms with Gasteiger partial charge in [0.05, 0.1) is 10.7 Å². The molecule has 0 aliphatic carbocycles. The largest absolute Gasteiger partial charge is 0.478 e. The summed E-state index contributed by atoms with van der Waals surface area (Å²) in [5, 5.41) is 11.7. The van der Waals surface area contributed by atoms with E-state index < -0.39 is 17.5 Å². The Morgan fingerprint density at radius 2 is 2.11 bits per heavy atom. The maximum atomic E-state index is 12.1. The van der Waals surface area contributed by atoms with Gasteiger partial charge in [0.25, 0.3) is 5.91 Å². The monoisotopic (exact) mass is 285 g/mol. The number of carbonyl (C=O) groups excluding carboxylic acids is 1. The van der Waals surface area contributed by atoms with Crippen molar-refractivity contribution in [2.45, 2.75) is 25.9 Å². The lowest BCUT2D eigenvalue weighted by atomic mass is 10.0. The minimum Gasteiger partial charge on any atom is -0.478 e. The van der Waals surface area contributed by atoms with Crippen LogP contribution in [0.1, 0.15) is 30.6 Å². The van der Waals surface area contributed by atoms with Crippen LogP contribution in [-0.2, 0) is 9.53 Å². The lowest BCUT2D eigenvalue weighted by Crippen LogP contribution is -2.41. The number of carbonyl (C=O) groups is 2. The van der Waals surface area contributed by atoms with Crippen molar-refractivity contribution in [1.82, 2.24) is 0 Å². The van der Waals surface area contributed by atoms with Gasteiger partial charge in [0, 0.05) is 7.11 Å². The SMILES string of the molecule is CCC(C)(OC)C(=O)Nc1cccc(Cl)c1C(=O)O. The zero-order valence-electron chi connectivity index (χ0n) is 11.0. The normalized spacial score (nSPS) is 13.7. The summed E-state index contributed by atoms with van der Waals surface area (Å²) in [5.41, 5.74) is -0.994. The summed E-state index contributed by atoms with van der Waals surface area (Å²) in [6.07, 6.45) is 0.457. The number of rotatable bonds is 5. The maximum absolute atomic E-state index is 12.1. The van der Waals surface area contributed by atoms with Gasteiger partial charge in [-0.15, -0.1) is 0 Å². The molecule has 5 nitrogen and oxygen atoms in total. The molecule has 0 aromatic heterocycles. The van der Waals surface area contributed by atoms with Crippen LogP contribution in [0.2, 0.25) is 5.02 Å². The van der Waals surface area contributed by atoms with Crippen molar-refractivity contribution in [2.75, 3.05) is 12.4 Å². The van der Waals surface area contributed by atoms with Crippen molar-refractivity contribution >= 4 is 29.2 Å². The van der Waals surface area contributed by atoms with Crippen LogP contribution in [0.5, 0.6) is 0 Å². The fourth-order valence-electron chi connectivity index (χ4n) is 1.50. The molecule has 1 rings (SSSR count). The van der Waals surface area contributed by atoms with E-state index in [1.807, 2.05) is 0 Å². The van der Waals surface area contributed by atoms with Crippen molar-refractivity contribution in [3.8, 4) is 0 Å². The number of carboxylic acids is 1. The van der Waals surface area contributed by atoms with Gasteiger partial charge in [0.15, 0.2) is 0 Å². The third kappa shape index (κ3) is 3.24. The lowest BCUT2D eigenvalue weighted by molar-refractivity contribution is -0.136. The van der Waals surface area contributed by atoms with E-state index >= 15 is 0 Å². The molecule has 0 spiro atoms. The van der Waals surface area contributed by atoms with Crippen LogP contribution in [0.4, 0.5) is 5.69 Å². The van der Waals surface area contributed by atoms with E-state index in [-0.39, 0.29) is 16.3 Å². The van der Waals surface area contributed by atoms with Crippen molar-refractivity contribution in [3.05, 3.63) is 28.8 Å². The summed E-state index contributed by atoms with van der Waals surface area (Å²) in [6, 6.07) is 4.51. The van der Waals surface area contributed by atoms with Crippen molar-refractivity contribution in [2.24, 2.45) is 0 Å². The Labute approximate surface area is 116 Å². The summed E-state index contributed by atoms with van der Waals surface area (Å²) >= 11 is 5.83. The van der Waals surface area contributed by atoms with Gasteiger partial charge in [0.2, 0.25) is 0 Å². The first-order chi connectivity index (χ1) is 8.85. The minimum absolute atomic E-state index is 0.0703. The molecule has 19 heavy (non-hydrogen) atoms. The smallest absolute Gasteiger partial charge is 0.339 e. The molecule has 6 heteroatoms. The second kappa shape index (κ2) is 6.04. The number of nitrogens with one attached hydrogen (secondary N) is 1. The van der Waals surface area contributed by atoms with Crippen LogP contribution in [0, 0.1) is 0 Å². The summed E-state index contributed by atoms with van der Waals surface area (Å²) in [5.74, 6) is -1.61. The number of halogens is 1. The zero-order valence-corrected chi connectivity index (χ0v) is 11.7. The fraction of sp³-hybridized carbons (Fsp3) is 0.385. The Morgan fingerprint density at radius 3 is 2.58 bits per heavy atom. The second-order valence-corrected chi connectivity index (χ2v) is 4.62. The van der Waals surface area contributed by atoms with Crippen LogP contribution >= 0.6 is 11.6 Å². The van der Waals surface area contributed by atoms with E-state index in [1.54, 1.807) is 19.9 Å². The average molecular weight is 286 g/mol. The lowest BCUT2D eigenvalue weighted by Gasteiger charge is -2.25. The predicted octanol–water partition coefficient (Wildman–Crippen LogP) is 2.79. The molecule has 0 heterocycles. The molecule has 0 aliphatic heterocycles. The topological polar surface area (TPSA) is 75.6 Å². The highest BCUT2D eigenvalue weighted by Crippen LogP contribution is 2.26. The minimum atomic E-state index is -1.20. The Morgan fingerprint density at radius 1 is 1.47 bits per heavy atom. The van der Waals surface area contributed by atoms with Gasteiger partial charge in [-0.05, 0) is 25.5 Å². The molecule has 0 fully saturated rings. The molecule has 0 bridgehead atoms. The first-order valence-corrected chi connectivity index (χ1v) is 6.12.